The number of ether oxygens (including phenoxy) is 2. The molecular formula is C20H22N2O5. The number of carbonyl (C=O) groups excluding carboxylic acids is 3. The molecule has 0 bridgehead atoms. The van der Waals surface area contributed by atoms with Crippen LogP contribution in [0.2, 0.25) is 0 Å². The minimum atomic E-state index is -0.530. The van der Waals surface area contributed by atoms with Crippen LogP contribution < -0.4 is 15.4 Å². The van der Waals surface area contributed by atoms with Gasteiger partial charge in [-0.3, -0.25) is 9.59 Å². The van der Waals surface area contributed by atoms with Gasteiger partial charge in [-0.15, -0.1) is 0 Å². The molecule has 0 spiro atoms. The van der Waals surface area contributed by atoms with Crippen LogP contribution in [0.25, 0.3) is 0 Å². The third kappa shape index (κ3) is 6.14. The number of rotatable bonds is 8. The van der Waals surface area contributed by atoms with Gasteiger partial charge in [0.05, 0.1) is 25.0 Å². The molecule has 0 fully saturated rings. The predicted octanol–water partition coefficient (Wildman–Crippen LogP) is 2.52. The van der Waals surface area contributed by atoms with E-state index in [1.807, 2.05) is 12.1 Å². The number of carbonyl (C=O) groups is 3. The Kier molecular flexibility index (Phi) is 7.37. The first kappa shape index (κ1) is 20.0. The molecule has 0 radical (unpaired) electrons. The highest BCUT2D eigenvalue weighted by molar-refractivity contribution is 6.06. The second kappa shape index (κ2) is 9.96. The summed E-state index contributed by atoms with van der Waals surface area (Å²) in [6.45, 7) is 2.23. The molecule has 142 valence electrons. The maximum Gasteiger partial charge on any atom is 0.340 e. The smallest absolute Gasteiger partial charge is 0.340 e. The normalized spacial score (nSPS) is 10.0. The lowest BCUT2D eigenvalue weighted by Gasteiger charge is -2.10. The molecular weight excluding hydrogens is 348 g/mol. The first-order chi connectivity index (χ1) is 13.0. The van der Waals surface area contributed by atoms with E-state index in [1.165, 1.54) is 0 Å². The molecule has 0 heterocycles. The van der Waals surface area contributed by atoms with Gasteiger partial charge in [-0.2, -0.15) is 0 Å². The second-order valence-corrected chi connectivity index (χ2v) is 5.62. The maximum absolute atomic E-state index is 12.1. The van der Waals surface area contributed by atoms with E-state index < -0.39 is 17.8 Å². The lowest BCUT2D eigenvalue weighted by molar-refractivity contribution is -0.126. The van der Waals surface area contributed by atoms with Gasteiger partial charge in [-0.25, -0.2) is 4.79 Å². The van der Waals surface area contributed by atoms with Crippen LogP contribution in [0.3, 0.4) is 0 Å². The molecule has 2 aromatic carbocycles. The number of hydrogen-bond acceptors (Lipinski definition) is 5. The molecule has 2 rings (SSSR count). The Labute approximate surface area is 157 Å². The van der Waals surface area contributed by atoms with Crippen LogP contribution >= 0.6 is 0 Å². The molecule has 0 aliphatic carbocycles. The summed E-state index contributed by atoms with van der Waals surface area (Å²) in [5, 5.41) is 5.26. The van der Waals surface area contributed by atoms with E-state index in [1.54, 1.807) is 50.4 Å². The van der Waals surface area contributed by atoms with Crippen LogP contribution in [0, 0.1) is 0 Å². The number of para-hydroxylation sites is 1. The fourth-order valence-corrected chi connectivity index (χ4v) is 2.33. The number of amides is 2. The van der Waals surface area contributed by atoms with Gasteiger partial charge in [0.25, 0.3) is 0 Å². The number of hydrogen-bond donors (Lipinski definition) is 2. The largest absolute Gasteiger partial charge is 0.497 e. The van der Waals surface area contributed by atoms with Crippen molar-refractivity contribution in [2.75, 3.05) is 19.0 Å². The van der Waals surface area contributed by atoms with Gasteiger partial charge in [0.2, 0.25) is 11.8 Å². The summed E-state index contributed by atoms with van der Waals surface area (Å²) in [5.41, 5.74) is 1.44. The standard InChI is InChI=1S/C20H22N2O5/c1-3-27-20(25)16-6-4-5-7-17(16)22-19(24)12-18(23)21-13-14-8-10-15(26-2)11-9-14/h4-11H,3,12-13H2,1-2H3,(H,21,23)(H,22,24). The molecule has 7 nitrogen and oxygen atoms in total. The SMILES string of the molecule is CCOC(=O)c1ccccc1NC(=O)CC(=O)NCc1ccc(OC)cc1. The third-order valence-electron chi connectivity index (χ3n) is 3.67. The summed E-state index contributed by atoms with van der Waals surface area (Å²) in [5.74, 6) is -0.738. The Hall–Kier alpha value is -3.35. The van der Waals surface area contributed by atoms with Crippen molar-refractivity contribution in [1.29, 1.82) is 0 Å². The first-order valence-electron chi connectivity index (χ1n) is 8.49. The van der Waals surface area contributed by atoms with Gasteiger partial charge in [-0.1, -0.05) is 24.3 Å². The van der Waals surface area contributed by atoms with E-state index in [2.05, 4.69) is 10.6 Å². The number of benzene rings is 2. The van der Waals surface area contributed by atoms with Crippen molar-refractivity contribution >= 4 is 23.5 Å². The van der Waals surface area contributed by atoms with Crippen molar-refractivity contribution < 1.29 is 23.9 Å². The molecule has 0 saturated heterocycles. The Morgan fingerprint density at radius 3 is 2.33 bits per heavy atom. The highest BCUT2D eigenvalue weighted by atomic mass is 16.5. The van der Waals surface area contributed by atoms with E-state index in [0.717, 1.165) is 11.3 Å². The summed E-state index contributed by atoms with van der Waals surface area (Å²) in [7, 11) is 1.58. The van der Waals surface area contributed by atoms with Crippen molar-refractivity contribution in [3.05, 3.63) is 59.7 Å². The molecule has 2 amide bonds. The van der Waals surface area contributed by atoms with Crippen molar-refractivity contribution in [3.8, 4) is 5.75 Å². The van der Waals surface area contributed by atoms with Crippen LogP contribution in [-0.4, -0.2) is 31.5 Å². The number of nitrogens with one attached hydrogen (secondary N) is 2. The molecule has 2 aromatic rings. The van der Waals surface area contributed by atoms with E-state index in [-0.39, 0.29) is 18.6 Å². The Morgan fingerprint density at radius 2 is 1.67 bits per heavy atom. The summed E-state index contributed by atoms with van der Waals surface area (Å²) in [6, 6.07) is 13.7. The van der Waals surface area contributed by atoms with Crippen LogP contribution in [0.1, 0.15) is 29.3 Å². The Bertz CT molecular complexity index is 802. The zero-order valence-electron chi connectivity index (χ0n) is 15.3. The van der Waals surface area contributed by atoms with Crippen molar-refractivity contribution in [1.82, 2.24) is 5.32 Å². The van der Waals surface area contributed by atoms with Crippen LogP contribution in [0.5, 0.6) is 5.75 Å². The quantitative estimate of drug-likeness (QED) is 0.550. The van der Waals surface area contributed by atoms with Gasteiger partial charge >= 0.3 is 5.97 Å². The molecule has 0 aromatic heterocycles. The molecule has 0 aliphatic heterocycles. The monoisotopic (exact) mass is 370 g/mol. The van der Waals surface area contributed by atoms with Crippen LogP contribution in [0.4, 0.5) is 5.69 Å². The minimum Gasteiger partial charge on any atom is -0.497 e. The van der Waals surface area contributed by atoms with Crippen LogP contribution in [-0.2, 0) is 20.9 Å². The maximum atomic E-state index is 12.1. The molecule has 2 N–H and O–H groups in total. The average molecular weight is 370 g/mol. The lowest BCUT2D eigenvalue weighted by atomic mass is 10.1. The topological polar surface area (TPSA) is 93.7 Å². The second-order valence-electron chi connectivity index (χ2n) is 5.62. The Balaban J connectivity index is 1.88. The zero-order chi connectivity index (χ0) is 19.6. The number of anilines is 1. The van der Waals surface area contributed by atoms with Gasteiger partial charge in [0.15, 0.2) is 0 Å². The lowest BCUT2D eigenvalue weighted by Crippen LogP contribution is -2.28. The summed E-state index contributed by atoms with van der Waals surface area (Å²) in [4.78, 5) is 36.0. The number of methoxy groups -OCH3 is 1. The molecule has 0 aliphatic rings. The highest BCUT2D eigenvalue weighted by Gasteiger charge is 2.15. The Morgan fingerprint density at radius 1 is 0.963 bits per heavy atom. The summed E-state index contributed by atoms with van der Waals surface area (Å²) in [6.07, 6.45) is -0.354. The van der Waals surface area contributed by atoms with Gasteiger partial charge in [0.1, 0.15) is 12.2 Å². The molecule has 0 saturated carbocycles. The first-order valence-corrected chi connectivity index (χ1v) is 8.49. The number of esters is 1. The van der Waals surface area contributed by atoms with Gasteiger partial charge < -0.3 is 20.1 Å². The minimum absolute atomic E-state index is 0.231. The van der Waals surface area contributed by atoms with Crippen molar-refractivity contribution in [2.24, 2.45) is 0 Å². The van der Waals surface area contributed by atoms with E-state index in [9.17, 15) is 14.4 Å². The molecule has 7 heteroatoms. The molecule has 0 unspecified atom stereocenters. The third-order valence-corrected chi connectivity index (χ3v) is 3.67. The van der Waals surface area contributed by atoms with Crippen molar-refractivity contribution in [2.45, 2.75) is 19.9 Å². The van der Waals surface area contributed by atoms with E-state index in [0.29, 0.717) is 12.2 Å². The fraction of sp³-hybridized carbons (Fsp3) is 0.250. The molecule has 27 heavy (non-hydrogen) atoms. The van der Waals surface area contributed by atoms with E-state index >= 15 is 0 Å². The summed E-state index contributed by atoms with van der Waals surface area (Å²) < 4.78 is 10.0. The van der Waals surface area contributed by atoms with Crippen LogP contribution in [0.15, 0.2) is 48.5 Å². The zero-order valence-corrected chi connectivity index (χ0v) is 15.3. The fourth-order valence-electron chi connectivity index (χ4n) is 2.33. The van der Waals surface area contributed by atoms with Gasteiger partial charge in [0, 0.05) is 6.54 Å². The van der Waals surface area contributed by atoms with E-state index in [4.69, 9.17) is 9.47 Å². The predicted molar refractivity (Wildman–Crippen MR) is 100 cm³/mol. The average Bonchev–Trinajstić information content (AvgIpc) is 2.67. The summed E-state index contributed by atoms with van der Waals surface area (Å²) >= 11 is 0. The molecule has 0 atom stereocenters. The van der Waals surface area contributed by atoms with Gasteiger partial charge in [-0.05, 0) is 36.8 Å². The van der Waals surface area contributed by atoms with Crippen molar-refractivity contribution in [3.63, 3.8) is 0 Å². The highest BCUT2D eigenvalue weighted by Crippen LogP contribution is 2.16.